The van der Waals surface area contributed by atoms with Gasteiger partial charge >= 0.3 is 0 Å². The molecule has 1 heterocycles. The fraction of sp³-hybridized carbons (Fsp3) is 1.00. The van der Waals surface area contributed by atoms with Crippen LogP contribution in [0.3, 0.4) is 0 Å². The molecular formula is C11H19B4NS. The van der Waals surface area contributed by atoms with Gasteiger partial charge in [0.2, 0.25) is 0 Å². The van der Waals surface area contributed by atoms with Crippen LogP contribution in [-0.4, -0.2) is 53.5 Å². The monoisotopic (exact) mass is 241 g/mol. The highest BCUT2D eigenvalue weighted by molar-refractivity contribution is 7.97. The number of hydrogen-bond donors (Lipinski definition) is 0. The SMILES string of the molecule is [B]C([B])(C)C([B])([B])CCCSN1CC1(C)CC. The topological polar surface area (TPSA) is 3.01 Å². The molecule has 1 fully saturated rings. The lowest BCUT2D eigenvalue weighted by molar-refractivity contribution is 0.578. The molecule has 17 heavy (non-hydrogen) atoms. The molecule has 1 aliphatic rings. The van der Waals surface area contributed by atoms with Gasteiger partial charge < -0.3 is 0 Å². The summed E-state index contributed by atoms with van der Waals surface area (Å²) in [4.78, 5) is 0. The highest BCUT2D eigenvalue weighted by atomic mass is 32.2. The Hall–Kier alpha value is 0.570. The van der Waals surface area contributed by atoms with Crippen molar-refractivity contribution in [3.8, 4) is 0 Å². The Bertz CT molecular complexity index is 267. The molecule has 0 N–H and O–H groups in total. The van der Waals surface area contributed by atoms with Gasteiger partial charge in [0.15, 0.2) is 0 Å². The van der Waals surface area contributed by atoms with Crippen LogP contribution >= 0.6 is 11.9 Å². The molecule has 1 nitrogen and oxygen atoms in total. The maximum absolute atomic E-state index is 5.91. The van der Waals surface area contributed by atoms with E-state index < -0.39 is 10.4 Å². The van der Waals surface area contributed by atoms with E-state index >= 15 is 0 Å². The molecule has 0 aromatic heterocycles. The summed E-state index contributed by atoms with van der Waals surface area (Å²) in [5.74, 6) is 1.02. The Morgan fingerprint density at radius 2 is 1.88 bits per heavy atom. The molecule has 2 unspecified atom stereocenters. The summed E-state index contributed by atoms with van der Waals surface area (Å²) < 4.78 is 2.41. The average Bonchev–Trinajstić information content (AvgIpc) is 2.84. The first-order valence-corrected chi connectivity index (χ1v) is 7.13. The van der Waals surface area contributed by atoms with Crippen LogP contribution in [0.15, 0.2) is 0 Å². The Morgan fingerprint density at radius 1 is 1.29 bits per heavy atom. The Kier molecular flexibility index (Phi) is 4.86. The van der Waals surface area contributed by atoms with Gasteiger partial charge in [-0.25, -0.2) is 4.31 Å². The number of nitrogens with zero attached hydrogens (tertiary/aromatic N) is 1. The quantitative estimate of drug-likeness (QED) is 0.289. The van der Waals surface area contributed by atoms with Gasteiger partial charge in [0.25, 0.3) is 0 Å². The van der Waals surface area contributed by atoms with Crippen LogP contribution in [0.1, 0.15) is 40.0 Å². The first kappa shape index (κ1) is 15.6. The van der Waals surface area contributed by atoms with Gasteiger partial charge in [0.1, 0.15) is 0 Å². The minimum atomic E-state index is -1.03. The van der Waals surface area contributed by atoms with Gasteiger partial charge in [0, 0.05) is 17.8 Å². The molecule has 1 rings (SSSR count). The Labute approximate surface area is 116 Å². The molecule has 6 heteroatoms. The van der Waals surface area contributed by atoms with E-state index in [0.29, 0.717) is 12.0 Å². The van der Waals surface area contributed by atoms with Gasteiger partial charge in [-0.1, -0.05) is 32.2 Å². The van der Waals surface area contributed by atoms with E-state index in [1.165, 1.54) is 13.0 Å². The first-order valence-electron chi connectivity index (χ1n) is 6.18. The zero-order chi connectivity index (χ0) is 13.3. The Morgan fingerprint density at radius 3 is 2.29 bits per heavy atom. The van der Waals surface area contributed by atoms with E-state index in [2.05, 4.69) is 18.2 Å². The summed E-state index contributed by atoms with van der Waals surface area (Å²) in [6.07, 6.45) is 2.76. The van der Waals surface area contributed by atoms with E-state index in [0.717, 1.165) is 12.2 Å². The van der Waals surface area contributed by atoms with E-state index in [4.69, 9.17) is 31.4 Å². The van der Waals surface area contributed by atoms with Crippen LogP contribution in [0.5, 0.6) is 0 Å². The van der Waals surface area contributed by atoms with Crippen molar-refractivity contribution in [2.24, 2.45) is 0 Å². The molecule has 8 radical (unpaired) electrons. The third-order valence-electron chi connectivity index (χ3n) is 3.73. The van der Waals surface area contributed by atoms with Crippen LogP contribution in [0, 0.1) is 0 Å². The van der Waals surface area contributed by atoms with Gasteiger partial charge in [0.05, 0.1) is 31.4 Å². The molecule has 0 saturated carbocycles. The third-order valence-corrected chi connectivity index (χ3v) is 5.08. The molecule has 2 atom stereocenters. The van der Waals surface area contributed by atoms with E-state index in [1.54, 1.807) is 6.92 Å². The summed E-state index contributed by atoms with van der Waals surface area (Å²) >= 11 is 1.87. The van der Waals surface area contributed by atoms with Gasteiger partial charge in [-0.15, -0.1) is 10.4 Å². The fourth-order valence-electron chi connectivity index (χ4n) is 1.57. The predicted octanol–water partition coefficient (Wildman–Crippen LogP) is 1.83. The van der Waals surface area contributed by atoms with Crippen LogP contribution in [0.25, 0.3) is 0 Å². The lowest BCUT2D eigenvalue weighted by Gasteiger charge is -2.41. The van der Waals surface area contributed by atoms with Crippen molar-refractivity contribution in [2.45, 2.75) is 56.0 Å². The van der Waals surface area contributed by atoms with Crippen molar-refractivity contribution in [2.75, 3.05) is 12.3 Å². The second-order valence-electron chi connectivity index (χ2n) is 5.65. The minimum absolute atomic E-state index is 0.406. The predicted molar refractivity (Wildman–Crippen MR) is 81.2 cm³/mol. The van der Waals surface area contributed by atoms with Crippen molar-refractivity contribution < 1.29 is 0 Å². The van der Waals surface area contributed by atoms with E-state index in [9.17, 15) is 0 Å². The summed E-state index contributed by atoms with van der Waals surface area (Å²) in [7, 11) is 23.3. The smallest absolute Gasteiger partial charge is 0.0608 e. The maximum atomic E-state index is 5.91. The average molecular weight is 241 g/mol. The van der Waals surface area contributed by atoms with Crippen molar-refractivity contribution in [3.63, 3.8) is 0 Å². The fourth-order valence-corrected chi connectivity index (χ4v) is 2.88. The van der Waals surface area contributed by atoms with Crippen LogP contribution in [0.2, 0.25) is 10.4 Å². The highest BCUT2D eigenvalue weighted by Crippen LogP contribution is 2.46. The van der Waals surface area contributed by atoms with Gasteiger partial charge in [-0.3, -0.25) is 0 Å². The summed E-state index contributed by atoms with van der Waals surface area (Å²) in [5.41, 5.74) is 0.406. The van der Waals surface area contributed by atoms with Crippen molar-refractivity contribution in [1.29, 1.82) is 0 Å². The van der Waals surface area contributed by atoms with Crippen LogP contribution in [-0.2, 0) is 0 Å². The minimum Gasteiger partial charge on any atom is -0.242 e. The molecule has 1 saturated heterocycles. The van der Waals surface area contributed by atoms with Crippen LogP contribution in [0.4, 0.5) is 0 Å². The highest BCUT2D eigenvalue weighted by Gasteiger charge is 2.46. The molecule has 0 aromatic rings. The van der Waals surface area contributed by atoms with Crippen LogP contribution < -0.4 is 0 Å². The standard InChI is InChI=1S/C11H19B4NS/c1-4-9(2)8-16(9)17-7-5-6-11(14,15)10(3,12)13/h4-8H2,1-3H3. The molecule has 0 bridgehead atoms. The maximum Gasteiger partial charge on any atom is 0.0608 e. The summed E-state index contributed by atoms with van der Waals surface area (Å²) in [6, 6.07) is 0. The van der Waals surface area contributed by atoms with E-state index in [1.807, 2.05) is 11.9 Å². The van der Waals surface area contributed by atoms with Gasteiger partial charge in [-0.2, -0.15) is 0 Å². The third kappa shape index (κ3) is 4.02. The molecule has 0 spiro atoms. The van der Waals surface area contributed by atoms with Crippen molar-refractivity contribution in [3.05, 3.63) is 0 Å². The van der Waals surface area contributed by atoms with E-state index in [-0.39, 0.29) is 0 Å². The molecule has 86 valence electrons. The Balaban J connectivity index is 2.18. The lowest BCUT2D eigenvalue weighted by Crippen LogP contribution is -2.30. The second kappa shape index (κ2) is 5.28. The molecule has 0 aliphatic carbocycles. The molecule has 0 aromatic carbocycles. The van der Waals surface area contributed by atoms with Crippen molar-refractivity contribution >= 4 is 43.3 Å². The molecule has 0 amide bonds. The number of hydrogen-bond acceptors (Lipinski definition) is 2. The zero-order valence-corrected chi connectivity index (χ0v) is 12.0. The normalized spacial score (nSPS) is 29.2. The van der Waals surface area contributed by atoms with Crippen molar-refractivity contribution in [1.82, 2.24) is 4.31 Å². The number of rotatable bonds is 7. The second-order valence-corrected chi connectivity index (χ2v) is 6.75. The summed E-state index contributed by atoms with van der Waals surface area (Å²) in [5, 5.41) is -2.03. The molecular weight excluding hydrogens is 221 g/mol. The summed E-state index contributed by atoms with van der Waals surface area (Å²) in [6.45, 7) is 7.35. The zero-order valence-electron chi connectivity index (χ0n) is 11.2. The first-order chi connectivity index (χ1) is 7.62. The van der Waals surface area contributed by atoms with Gasteiger partial charge in [-0.05, 0) is 19.8 Å². The lowest BCUT2D eigenvalue weighted by atomic mass is 9.29. The largest absolute Gasteiger partial charge is 0.242 e. The molecule has 1 aliphatic heterocycles.